The van der Waals surface area contributed by atoms with Crippen LogP contribution in [0.5, 0.6) is 0 Å². The van der Waals surface area contributed by atoms with Crippen LogP contribution in [0.3, 0.4) is 0 Å². The van der Waals surface area contributed by atoms with E-state index in [2.05, 4.69) is 10.0 Å². The van der Waals surface area contributed by atoms with Gasteiger partial charge in [0.25, 0.3) is 0 Å². The number of azide groups is 1. The average Bonchev–Trinajstić information content (AvgIpc) is 2.69. The number of ether oxygens (including phenoxy) is 5. The topological polar surface area (TPSA) is 129 Å². The number of esters is 2. The van der Waals surface area contributed by atoms with E-state index in [1.54, 1.807) is 0 Å². The molecule has 144 valence electrons. The molecule has 2 aliphatic rings. The van der Waals surface area contributed by atoms with Gasteiger partial charge in [-0.1, -0.05) is 35.4 Å². The Hall–Kier alpha value is -2.65. The highest BCUT2D eigenvalue weighted by Gasteiger charge is 2.53. The molecule has 0 amide bonds. The fourth-order valence-corrected chi connectivity index (χ4v) is 3.20. The monoisotopic (exact) mass is 377 g/mol. The van der Waals surface area contributed by atoms with Crippen molar-refractivity contribution in [3.8, 4) is 0 Å². The maximum absolute atomic E-state index is 12.1. The van der Waals surface area contributed by atoms with Gasteiger partial charge in [0.15, 0.2) is 12.4 Å². The third kappa shape index (κ3) is 4.04. The van der Waals surface area contributed by atoms with Gasteiger partial charge in [-0.25, -0.2) is 4.79 Å². The second-order valence-electron chi connectivity index (χ2n) is 6.06. The summed E-state index contributed by atoms with van der Waals surface area (Å²) in [5.41, 5.74) is 9.77. The molecule has 0 radical (unpaired) electrons. The lowest BCUT2D eigenvalue weighted by Gasteiger charge is -2.46. The molecule has 0 bridgehead atoms. The van der Waals surface area contributed by atoms with Crippen LogP contribution in [0.15, 0.2) is 35.4 Å². The first-order valence-electron chi connectivity index (χ1n) is 8.32. The lowest BCUT2D eigenvalue weighted by molar-refractivity contribution is -0.306. The Kier molecular flexibility index (Phi) is 5.92. The minimum atomic E-state index is -1.25. The third-order valence-electron chi connectivity index (χ3n) is 4.34. The van der Waals surface area contributed by atoms with Crippen molar-refractivity contribution in [1.82, 2.24) is 0 Å². The summed E-state index contributed by atoms with van der Waals surface area (Å²) < 4.78 is 27.3. The van der Waals surface area contributed by atoms with Crippen LogP contribution >= 0.6 is 0 Å². The Labute approximate surface area is 154 Å². The van der Waals surface area contributed by atoms with Crippen LogP contribution in [0.2, 0.25) is 0 Å². The summed E-state index contributed by atoms with van der Waals surface area (Å²) in [5.74, 6) is -1.40. The Bertz CT molecular complexity index is 737. The number of carbonyl (C=O) groups is 2. The van der Waals surface area contributed by atoms with Gasteiger partial charge in [0.2, 0.25) is 0 Å². The minimum absolute atomic E-state index is 0.0992. The molecule has 3 rings (SSSR count). The molecule has 2 heterocycles. The number of hydrogen-bond donors (Lipinski definition) is 0. The molecular weight excluding hydrogens is 358 g/mol. The highest BCUT2D eigenvalue weighted by molar-refractivity contribution is 5.76. The van der Waals surface area contributed by atoms with E-state index in [1.165, 1.54) is 14.0 Å². The van der Waals surface area contributed by atoms with Crippen LogP contribution in [-0.4, -0.2) is 56.1 Å². The van der Waals surface area contributed by atoms with Gasteiger partial charge in [-0.15, -0.1) is 0 Å². The quantitative estimate of drug-likeness (QED) is 0.337. The number of hydrogen-bond acceptors (Lipinski definition) is 8. The van der Waals surface area contributed by atoms with Gasteiger partial charge >= 0.3 is 11.9 Å². The molecule has 2 fully saturated rings. The van der Waals surface area contributed by atoms with Crippen LogP contribution in [-0.2, 0) is 33.3 Å². The van der Waals surface area contributed by atoms with Crippen LogP contribution in [0, 0.1) is 0 Å². The molecular formula is C17H19N3O7. The van der Waals surface area contributed by atoms with Gasteiger partial charge in [0.05, 0.1) is 13.7 Å². The van der Waals surface area contributed by atoms with Gasteiger partial charge in [-0.3, -0.25) is 4.79 Å². The zero-order valence-electron chi connectivity index (χ0n) is 14.8. The maximum Gasteiger partial charge on any atom is 0.338 e. The number of rotatable bonds is 4. The van der Waals surface area contributed by atoms with E-state index in [1.807, 2.05) is 30.3 Å². The molecule has 2 aliphatic heterocycles. The summed E-state index contributed by atoms with van der Waals surface area (Å²) in [6.45, 7) is 1.28. The van der Waals surface area contributed by atoms with Crippen molar-refractivity contribution in [3.63, 3.8) is 0 Å². The molecule has 10 nitrogen and oxygen atoms in total. The molecule has 0 aliphatic carbocycles. The molecule has 1 aromatic carbocycles. The molecule has 0 saturated carbocycles. The number of fused-ring (bicyclic) bond motifs is 1. The van der Waals surface area contributed by atoms with Crippen LogP contribution < -0.4 is 0 Å². The smallest absolute Gasteiger partial charge is 0.338 e. The van der Waals surface area contributed by atoms with Crippen molar-refractivity contribution < 1.29 is 33.3 Å². The first-order chi connectivity index (χ1) is 13.0. The summed E-state index contributed by atoms with van der Waals surface area (Å²) in [6, 6.07) is 8.21. The van der Waals surface area contributed by atoms with Gasteiger partial charge in [0.1, 0.15) is 24.4 Å². The summed E-state index contributed by atoms with van der Waals surface area (Å²) in [5, 5.41) is 3.73. The Morgan fingerprint density at radius 2 is 2.00 bits per heavy atom. The zero-order chi connectivity index (χ0) is 19.4. The van der Waals surface area contributed by atoms with E-state index < -0.39 is 48.7 Å². The molecule has 2 saturated heterocycles. The third-order valence-corrected chi connectivity index (χ3v) is 4.34. The largest absolute Gasteiger partial charge is 0.467 e. The minimum Gasteiger partial charge on any atom is -0.467 e. The van der Waals surface area contributed by atoms with Crippen molar-refractivity contribution >= 4 is 11.9 Å². The summed E-state index contributed by atoms with van der Waals surface area (Å²) in [4.78, 5) is 26.5. The van der Waals surface area contributed by atoms with Crippen molar-refractivity contribution in [1.29, 1.82) is 0 Å². The van der Waals surface area contributed by atoms with E-state index in [-0.39, 0.29) is 6.61 Å². The highest BCUT2D eigenvalue weighted by Crippen LogP contribution is 2.36. The van der Waals surface area contributed by atoms with E-state index in [4.69, 9.17) is 29.2 Å². The second kappa shape index (κ2) is 8.36. The molecule has 0 aromatic heterocycles. The molecule has 10 heteroatoms. The van der Waals surface area contributed by atoms with E-state index in [0.717, 1.165) is 5.56 Å². The van der Waals surface area contributed by atoms with Crippen molar-refractivity contribution in [2.75, 3.05) is 13.7 Å². The SMILES string of the molecule is COC(=O)[C@@H]1O[C@@H]2CO[C@H](c3ccccc3)O[C@@H]2C(N=[N+]=[N-])[C@H]1OC(C)=O. The lowest BCUT2D eigenvalue weighted by Crippen LogP contribution is -2.63. The van der Waals surface area contributed by atoms with E-state index >= 15 is 0 Å². The van der Waals surface area contributed by atoms with Gasteiger partial charge in [-0.05, 0) is 5.53 Å². The predicted octanol–water partition coefficient (Wildman–Crippen LogP) is 1.65. The lowest BCUT2D eigenvalue weighted by atomic mass is 9.92. The number of methoxy groups -OCH3 is 1. The number of carbonyl (C=O) groups excluding carboxylic acids is 2. The van der Waals surface area contributed by atoms with Crippen molar-refractivity contribution in [3.05, 3.63) is 46.3 Å². The number of nitrogens with zero attached hydrogens (tertiary/aromatic N) is 3. The summed E-state index contributed by atoms with van der Waals surface area (Å²) >= 11 is 0. The summed E-state index contributed by atoms with van der Waals surface area (Å²) in [6.07, 6.45) is -4.61. The molecule has 0 N–H and O–H groups in total. The van der Waals surface area contributed by atoms with Crippen LogP contribution in [0.25, 0.3) is 10.4 Å². The molecule has 1 unspecified atom stereocenters. The summed E-state index contributed by atoms with van der Waals surface area (Å²) in [7, 11) is 1.19. The van der Waals surface area contributed by atoms with E-state index in [9.17, 15) is 9.59 Å². The van der Waals surface area contributed by atoms with Gasteiger partial charge < -0.3 is 23.7 Å². The van der Waals surface area contributed by atoms with Gasteiger partial charge in [0, 0.05) is 17.4 Å². The Morgan fingerprint density at radius 3 is 2.63 bits per heavy atom. The molecule has 1 aromatic rings. The number of benzene rings is 1. The predicted molar refractivity (Wildman–Crippen MR) is 89.2 cm³/mol. The Balaban J connectivity index is 1.90. The van der Waals surface area contributed by atoms with Crippen molar-refractivity contribution in [2.45, 2.75) is 43.7 Å². The molecule has 6 atom stereocenters. The normalized spacial score (nSPS) is 32.5. The van der Waals surface area contributed by atoms with Crippen molar-refractivity contribution in [2.24, 2.45) is 5.11 Å². The molecule has 0 spiro atoms. The fraction of sp³-hybridized carbons (Fsp3) is 0.529. The highest BCUT2D eigenvalue weighted by atomic mass is 16.7. The van der Waals surface area contributed by atoms with Gasteiger partial charge in [-0.2, -0.15) is 0 Å². The fourth-order valence-electron chi connectivity index (χ4n) is 3.20. The molecule has 27 heavy (non-hydrogen) atoms. The van der Waals surface area contributed by atoms with E-state index in [0.29, 0.717) is 0 Å². The Morgan fingerprint density at radius 1 is 1.26 bits per heavy atom. The van der Waals surface area contributed by atoms with Crippen LogP contribution in [0.1, 0.15) is 18.8 Å². The first kappa shape index (κ1) is 19.1. The zero-order valence-corrected chi connectivity index (χ0v) is 14.8. The maximum atomic E-state index is 12.1. The first-order valence-corrected chi connectivity index (χ1v) is 8.32. The average molecular weight is 377 g/mol. The second-order valence-corrected chi connectivity index (χ2v) is 6.06. The van der Waals surface area contributed by atoms with Crippen LogP contribution in [0.4, 0.5) is 0 Å². The standard InChI is InChI=1S/C17H19N3O7/c1-9(21)25-14-12(19-20-18)13-11(26-15(14)16(22)23-2)8-24-17(27-13)10-6-4-3-5-7-10/h3-7,11-15,17H,8H2,1-2H3/t11-,12?,13+,14-,15-,17+/m1/s1.